The fourth-order valence-corrected chi connectivity index (χ4v) is 2.28. The van der Waals surface area contributed by atoms with Crippen molar-refractivity contribution in [2.24, 2.45) is 5.92 Å². The summed E-state index contributed by atoms with van der Waals surface area (Å²) in [5.41, 5.74) is 0.594. The molecule has 0 spiro atoms. The van der Waals surface area contributed by atoms with Crippen LogP contribution in [0.5, 0.6) is 5.75 Å². The van der Waals surface area contributed by atoms with Crippen LogP contribution in [0.2, 0.25) is 0 Å². The molecule has 5 N–H and O–H groups in total. The Morgan fingerprint density at radius 2 is 1.62 bits per heavy atom. The number of carbonyl (C=O) groups is 3. The molecule has 0 aliphatic rings. The number of hydrogen-bond donors (Lipinski definition) is 5. The number of rotatable bonds is 9. The number of carboxylic acids is 2. The van der Waals surface area contributed by atoms with Crippen molar-refractivity contribution in [3.63, 3.8) is 0 Å². The predicted molar refractivity (Wildman–Crippen MR) is 91.8 cm³/mol. The molecule has 0 unspecified atom stereocenters. The molecule has 0 radical (unpaired) electrons. The number of carboxylic acid groups (broad SMARTS) is 2. The maximum absolute atomic E-state index is 12.4. The van der Waals surface area contributed by atoms with Crippen LogP contribution in [0.4, 0.5) is 4.79 Å². The number of aliphatic hydroxyl groups excluding tert-OH is 1. The van der Waals surface area contributed by atoms with Crippen molar-refractivity contribution < 1.29 is 34.8 Å². The average Bonchev–Trinajstić information content (AvgIpc) is 2.54. The molecule has 1 rings (SSSR count). The van der Waals surface area contributed by atoms with Gasteiger partial charge in [0.25, 0.3) is 0 Å². The number of benzene rings is 1. The van der Waals surface area contributed by atoms with Crippen LogP contribution >= 0.6 is 0 Å². The third-order valence-electron chi connectivity index (χ3n) is 3.52. The topological polar surface area (TPSA) is 147 Å². The molecular weight excluding hydrogens is 344 g/mol. The first-order valence-corrected chi connectivity index (χ1v) is 8.07. The Labute approximate surface area is 150 Å². The second-order valence-electron chi connectivity index (χ2n) is 6.36. The number of carbonyl (C=O) groups excluding carboxylic acids is 1. The lowest BCUT2D eigenvalue weighted by atomic mass is 10.1. The molecule has 0 aromatic heterocycles. The maximum atomic E-state index is 12.4. The van der Waals surface area contributed by atoms with Gasteiger partial charge in [-0.05, 0) is 23.6 Å². The van der Waals surface area contributed by atoms with Gasteiger partial charge in [0, 0.05) is 13.0 Å². The van der Waals surface area contributed by atoms with E-state index in [1.54, 1.807) is 13.8 Å². The number of aromatic hydroxyl groups is 1. The number of phenolic OH excluding ortho intramolecular Hbond substituents is 1. The summed E-state index contributed by atoms with van der Waals surface area (Å²) in [5.74, 6) is -2.70. The van der Waals surface area contributed by atoms with Gasteiger partial charge >= 0.3 is 18.0 Å². The lowest BCUT2D eigenvalue weighted by molar-refractivity contribution is -0.147. The molecular formula is C17H24N2O7. The number of phenols is 1. The minimum atomic E-state index is -1.76. The highest BCUT2D eigenvalue weighted by molar-refractivity contribution is 5.83. The zero-order valence-electron chi connectivity index (χ0n) is 14.6. The van der Waals surface area contributed by atoms with Crippen molar-refractivity contribution in [3.05, 3.63) is 29.8 Å². The van der Waals surface area contributed by atoms with E-state index in [0.717, 1.165) is 4.90 Å². The summed E-state index contributed by atoms with van der Waals surface area (Å²) in [6, 6.07) is 3.87. The summed E-state index contributed by atoms with van der Waals surface area (Å²) >= 11 is 0. The SMILES string of the molecule is CC(C)CN(C[C@H](O)C(=O)O)C(=O)N[C@@H](Cc1ccc(O)cc1)C(=O)O. The monoisotopic (exact) mass is 368 g/mol. The van der Waals surface area contributed by atoms with E-state index in [-0.39, 0.29) is 24.6 Å². The van der Waals surface area contributed by atoms with Crippen LogP contribution in [0.25, 0.3) is 0 Å². The van der Waals surface area contributed by atoms with Crippen LogP contribution in [0, 0.1) is 5.92 Å². The highest BCUT2D eigenvalue weighted by Gasteiger charge is 2.27. The fraction of sp³-hybridized carbons (Fsp3) is 0.471. The van der Waals surface area contributed by atoms with Crippen LogP contribution in [0.1, 0.15) is 19.4 Å². The van der Waals surface area contributed by atoms with Crippen LogP contribution in [0.15, 0.2) is 24.3 Å². The van der Waals surface area contributed by atoms with Crippen molar-refractivity contribution in [2.75, 3.05) is 13.1 Å². The molecule has 26 heavy (non-hydrogen) atoms. The smallest absolute Gasteiger partial charge is 0.334 e. The van der Waals surface area contributed by atoms with E-state index in [4.69, 9.17) is 5.11 Å². The second-order valence-corrected chi connectivity index (χ2v) is 6.36. The van der Waals surface area contributed by atoms with Crippen LogP contribution in [-0.2, 0) is 16.0 Å². The van der Waals surface area contributed by atoms with Gasteiger partial charge in [0.15, 0.2) is 6.10 Å². The minimum absolute atomic E-state index is 0.0119. The number of nitrogens with zero attached hydrogens (tertiary/aromatic N) is 1. The number of urea groups is 1. The molecule has 0 saturated carbocycles. The van der Waals surface area contributed by atoms with Crippen LogP contribution in [-0.4, -0.2) is 68.5 Å². The molecule has 1 aromatic rings. The van der Waals surface area contributed by atoms with Gasteiger partial charge in [-0.3, -0.25) is 0 Å². The first-order valence-electron chi connectivity index (χ1n) is 8.07. The molecule has 0 bridgehead atoms. The molecule has 0 heterocycles. The number of amides is 2. The predicted octanol–water partition coefficient (Wildman–Crippen LogP) is 0.501. The van der Waals surface area contributed by atoms with Gasteiger partial charge in [0.1, 0.15) is 11.8 Å². The normalized spacial score (nSPS) is 13.1. The van der Waals surface area contributed by atoms with Gasteiger partial charge in [-0.25, -0.2) is 14.4 Å². The highest BCUT2D eigenvalue weighted by Crippen LogP contribution is 2.12. The number of nitrogens with one attached hydrogen (secondary N) is 1. The summed E-state index contributed by atoms with van der Waals surface area (Å²) in [6.07, 6.45) is -1.78. The third kappa shape index (κ3) is 6.98. The molecule has 144 valence electrons. The summed E-state index contributed by atoms with van der Waals surface area (Å²) in [5, 5.41) is 39.3. The van der Waals surface area contributed by atoms with E-state index in [9.17, 15) is 29.7 Å². The first kappa shape index (κ1) is 21.2. The molecule has 2 amide bonds. The van der Waals surface area contributed by atoms with Crippen molar-refractivity contribution >= 4 is 18.0 Å². The Hall–Kier alpha value is -2.81. The van der Waals surface area contributed by atoms with E-state index >= 15 is 0 Å². The van der Waals surface area contributed by atoms with E-state index in [1.807, 2.05) is 0 Å². The zero-order chi connectivity index (χ0) is 19.9. The van der Waals surface area contributed by atoms with Crippen molar-refractivity contribution in [3.8, 4) is 5.75 Å². The van der Waals surface area contributed by atoms with E-state index in [2.05, 4.69) is 5.32 Å². The minimum Gasteiger partial charge on any atom is -0.508 e. The Bertz CT molecular complexity index is 631. The summed E-state index contributed by atoms with van der Waals surface area (Å²) in [4.78, 5) is 35.8. The molecule has 9 heteroatoms. The Morgan fingerprint density at radius 1 is 1.04 bits per heavy atom. The highest BCUT2D eigenvalue weighted by atomic mass is 16.4. The molecule has 0 fully saturated rings. The van der Waals surface area contributed by atoms with Crippen molar-refractivity contribution in [1.29, 1.82) is 0 Å². The van der Waals surface area contributed by atoms with Gasteiger partial charge in [-0.1, -0.05) is 26.0 Å². The summed E-state index contributed by atoms with van der Waals surface area (Å²) < 4.78 is 0. The number of hydrogen-bond acceptors (Lipinski definition) is 5. The molecule has 0 aliphatic heterocycles. The Morgan fingerprint density at radius 3 is 2.08 bits per heavy atom. The largest absolute Gasteiger partial charge is 0.508 e. The third-order valence-corrected chi connectivity index (χ3v) is 3.52. The second kappa shape index (κ2) is 9.62. The summed E-state index contributed by atoms with van der Waals surface area (Å²) in [7, 11) is 0. The molecule has 9 nitrogen and oxygen atoms in total. The first-order chi connectivity index (χ1) is 12.1. The Kier molecular flexibility index (Phi) is 7.85. The Balaban J connectivity index is 2.85. The zero-order valence-corrected chi connectivity index (χ0v) is 14.6. The van der Waals surface area contributed by atoms with E-state index < -0.39 is 36.7 Å². The van der Waals surface area contributed by atoms with Gasteiger partial charge in [-0.15, -0.1) is 0 Å². The number of aliphatic hydroxyl groups is 1. The quantitative estimate of drug-likeness (QED) is 0.426. The van der Waals surface area contributed by atoms with Crippen LogP contribution in [0.3, 0.4) is 0 Å². The van der Waals surface area contributed by atoms with Crippen molar-refractivity contribution in [1.82, 2.24) is 10.2 Å². The maximum Gasteiger partial charge on any atom is 0.334 e. The molecule has 0 saturated heterocycles. The lowest BCUT2D eigenvalue weighted by Crippen LogP contribution is -2.52. The van der Waals surface area contributed by atoms with Crippen molar-refractivity contribution in [2.45, 2.75) is 32.4 Å². The van der Waals surface area contributed by atoms with Gasteiger partial charge in [-0.2, -0.15) is 0 Å². The standard InChI is InChI=1S/C17H24N2O7/c1-10(2)8-19(9-14(21)16(24)25)17(26)18-13(15(22)23)7-11-3-5-12(20)6-4-11/h3-6,10,13-14,20-21H,7-9H2,1-2H3,(H,18,26)(H,22,23)(H,24,25)/t13-,14-/m0/s1. The molecule has 1 aromatic carbocycles. The van der Waals surface area contributed by atoms with Gasteiger partial charge < -0.3 is 30.6 Å². The van der Waals surface area contributed by atoms with Gasteiger partial charge in [0.05, 0.1) is 6.54 Å². The fourth-order valence-electron chi connectivity index (χ4n) is 2.28. The summed E-state index contributed by atoms with van der Waals surface area (Å²) in [6.45, 7) is 3.31. The average molecular weight is 368 g/mol. The van der Waals surface area contributed by atoms with Crippen LogP contribution < -0.4 is 5.32 Å². The van der Waals surface area contributed by atoms with Gasteiger partial charge in [0.2, 0.25) is 0 Å². The van der Waals surface area contributed by atoms with E-state index in [0.29, 0.717) is 5.56 Å². The molecule has 2 atom stereocenters. The number of aliphatic carboxylic acids is 2. The van der Waals surface area contributed by atoms with E-state index in [1.165, 1.54) is 24.3 Å². The molecule has 0 aliphatic carbocycles. The lowest BCUT2D eigenvalue weighted by Gasteiger charge is -2.27.